The van der Waals surface area contributed by atoms with Crippen molar-refractivity contribution in [1.82, 2.24) is 14.1 Å². The van der Waals surface area contributed by atoms with Crippen LogP contribution in [0.3, 0.4) is 0 Å². The minimum Gasteiger partial charge on any atom is -0.361 e. The Morgan fingerprint density at radius 3 is 1.78 bits per heavy atom. The minimum absolute atomic E-state index is 0.0195. The second-order valence-electron chi connectivity index (χ2n) is 26.0. The first-order valence-corrected chi connectivity index (χ1v) is 28.0. The van der Waals surface area contributed by atoms with E-state index >= 15 is 0 Å². The summed E-state index contributed by atoms with van der Waals surface area (Å²) in [5.74, 6) is 6.80. The summed E-state index contributed by atoms with van der Waals surface area (Å²) in [6.07, 6.45) is 21.0. The third kappa shape index (κ3) is 5.64. The highest BCUT2D eigenvalue weighted by Gasteiger charge is 2.67. The first-order chi connectivity index (χ1) is 33.3. The van der Waals surface area contributed by atoms with Gasteiger partial charge in [0, 0.05) is 57.4 Å². The smallest absolute Gasteiger partial charge is 0.361 e. The summed E-state index contributed by atoms with van der Waals surface area (Å²) >= 11 is 0. The molecule has 10 nitrogen and oxygen atoms in total. The maximum atomic E-state index is 8.55. The Balaban J connectivity index is 1.01. The number of fused-ring (bicyclic) bond motifs is 13. The lowest BCUT2D eigenvalue weighted by Gasteiger charge is -2.66. The molecule has 5 aliphatic heterocycles. The summed E-state index contributed by atoms with van der Waals surface area (Å²) < 4.78 is 22.1. The van der Waals surface area contributed by atoms with Crippen molar-refractivity contribution in [3.8, 4) is 0 Å². The van der Waals surface area contributed by atoms with E-state index in [2.05, 4.69) is 127 Å². The summed E-state index contributed by atoms with van der Waals surface area (Å²) in [6, 6.07) is 26.2. The Morgan fingerprint density at radius 1 is 0.594 bits per heavy atom. The van der Waals surface area contributed by atoms with E-state index in [1.54, 1.807) is 0 Å². The van der Waals surface area contributed by atoms with E-state index in [0.717, 1.165) is 86.2 Å². The summed E-state index contributed by atoms with van der Waals surface area (Å²) in [6.45, 7) is 11.6. The van der Waals surface area contributed by atoms with Crippen LogP contribution in [-0.4, -0.2) is 60.1 Å². The fraction of sp³-hybridized carbons (Fsp3) is 0.500. The summed E-state index contributed by atoms with van der Waals surface area (Å²) in [5, 5.41) is 6.17. The predicted molar refractivity (Wildman–Crippen MR) is 274 cm³/mol. The summed E-state index contributed by atoms with van der Waals surface area (Å²) in [4.78, 5) is 28.4. The van der Waals surface area contributed by atoms with Crippen LogP contribution < -0.4 is 5.32 Å². The average molecular weight is 931 g/mol. The number of amidine groups is 5. The van der Waals surface area contributed by atoms with Crippen molar-refractivity contribution in [3.63, 3.8) is 0 Å². The van der Waals surface area contributed by atoms with Gasteiger partial charge in [0.25, 0.3) is 0 Å². The predicted octanol–water partition coefficient (Wildman–Crippen LogP) is 12.3. The van der Waals surface area contributed by atoms with Crippen molar-refractivity contribution in [2.45, 2.75) is 124 Å². The first kappa shape index (κ1) is 40.5. The van der Waals surface area contributed by atoms with Crippen LogP contribution in [0.5, 0.6) is 0 Å². The molecule has 8 saturated carbocycles. The minimum atomic E-state index is -4.20. The number of rotatable bonds is 6. The molecule has 18 rings (SSSR count). The summed E-state index contributed by atoms with van der Waals surface area (Å²) in [5.41, 5.74) is 7.73. The fourth-order valence-corrected chi connectivity index (χ4v) is 23.1. The number of aromatic nitrogens is 1. The average Bonchev–Trinajstić information content (AvgIpc) is 4.01. The first-order valence-electron chi connectivity index (χ1n) is 26.3. The van der Waals surface area contributed by atoms with Gasteiger partial charge in [-0.25, -0.2) is 25.0 Å². The standard InChI is InChI=1S/C58H62N8O2Si/c1-53-21-35-22-54(2,27-53)30-57(25-35,29-53)33-67-69(68-34-58-26-36-23-55(3,31-58)28-56(4,24-36)32-58)65-49-41-17-9-10-18-42(41)51(65)63-47-39-15-7-8-16-40(39)48(60-47)64-52-44-20-12-11-19-43(44)50(66(52)69)62-46-38-14-6-5-13-37(38)45(59-46)61-49/h5-7,9-15,17-20,35-36,49H,8,16,21-34H2,1-4H3,(H,59,61,62)/b63-51-,64-48-. The maximum absolute atomic E-state index is 8.55. The third-order valence-corrected chi connectivity index (χ3v) is 22.6. The number of nitrogens with one attached hydrogen (secondary N) is 1. The van der Waals surface area contributed by atoms with Crippen LogP contribution in [0.15, 0.2) is 121 Å². The second kappa shape index (κ2) is 13.2. The van der Waals surface area contributed by atoms with E-state index in [1.807, 2.05) is 0 Å². The quantitative estimate of drug-likeness (QED) is 0.195. The van der Waals surface area contributed by atoms with Crippen molar-refractivity contribution in [1.29, 1.82) is 0 Å². The zero-order chi connectivity index (χ0) is 45.9. The van der Waals surface area contributed by atoms with Crippen LogP contribution in [0, 0.1) is 44.3 Å². The van der Waals surface area contributed by atoms with Crippen LogP contribution in [0.25, 0.3) is 10.8 Å². The molecule has 9 aliphatic carbocycles. The van der Waals surface area contributed by atoms with Gasteiger partial charge in [0.05, 0.1) is 0 Å². The van der Waals surface area contributed by atoms with Crippen LogP contribution in [0.4, 0.5) is 11.6 Å². The summed E-state index contributed by atoms with van der Waals surface area (Å²) in [7, 11) is -4.20. The Morgan fingerprint density at radius 2 is 1.16 bits per heavy atom. The molecule has 11 heteroatoms. The van der Waals surface area contributed by atoms with Crippen LogP contribution in [0.2, 0.25) is 0 Å². The van der Waals surface area contributed by atoms with E-state index in [1.165, 1.54) is 77.0 Å². The van der Waals surface area contributed by atoms with E-state index in [9.17, 15) is 0 Å². The number of hydrogen-bond donors (Lipinski definition) is 1. The molecule has 5 unspecified atom stereocenters. The van der Waals surface area contributed by atoms with E-state index in [4.69, 9.17) is 33.8 Å². The fourth-order valence-electron chi connectivity index (χ4n) is 19.4. The van der Waals surface area contributed by atoms with Crippen molar-refractivity contribution in [2.24, 2.45) is 69.3 Å². The molecular weight excluding hydrogens is 869 g/mol. The molecule has 0 spiro atoms. The molecule has 0 radical (unpaired) electrons. The van der Waals surface area contributed by atoms with Gasteiger partial charge in [-0.2, -0.15) is 0 Å². The Bertz CT molecular complexity index is 3160. The monoisotopic (exact) mass is 930 g/mol. The van der Waals surface area contributed by atoms with Gasteiger partial charge in [-0.05, 0) is 134 Å². The highest BCUT2D eigenvalue weighted by atomic mass is 28.4. The second-order valence-corrected chi connectivity index (χ2v) is 28.6. The molecule has 1 N–H and O–H groups in total. The molecule has 14 aliphatic rings. The van der Waals surface area contributed by atoms with E-state index < -0.39 is 15.0 Å². The molecule has 0 amide bonds. The lowest BCUT2D eigenvalue weighted by Crippen LogP contribution is -2.69. The molecule has 1 aromatic heterocycles. The largest absolute Gasteiger partial charge is 0.599 e. The van der Waals surface area contributed by atoms with Gasteiger partial charge < -0.3 is 14.2 Å². The van der Waals surface area contributed by atoms with Gasteiger partial charge in [-0.3, -0.25) is 8.80 Å². The maximum Gasteiger partial charge on any atom is 0.599 e. The lowest BCUT2D eigenvalue weighted by atomic mass is 9.40. The molecule has 3 aromatic carbocycles. The molecule has 350 valence electrons. The molecule has 4 aromatic rings. The molecule has 69 heavy (non-hydrogen) atoms. The van der Waals surface area contributed by atoms with Crippen LogP contribution in [0.1, 0.15) is 146 Å². The van der Waals surface area contributed by atoms with E-state index in [-0.39, 0.29) is 10.8 Å². The molecular formula is C58H62N8O2Si. The normalized spacial score (nSPS) is 41.9. The Hall–Kier alpha value is -5.23. The van der Waals surface area contributed by atoms with Crippen LogP contribution >= 0.6 is 0 Å². The highest BCUT2D eigenvalue weighted by Crippen LogP contribution is 2.71. The van der Waals surface area contributed by atoms with Gasteiger partial charge in [0.1, 0.15) is 29.5 Å². The number of allylic oxidation sites excluding steroid dienone is 1. The lowest BCUT2D eigenvalue weighted by molar-refractivity contribution is -0.169. The zero-order valence-corrected chi connectivity index (χ0v) is 41.6. The number of hydrogen-bond acceptors (Lipinski definition) is 9. The van der Waals surface area contributed by atoms with Crippen molar-refractivity contribution in [3.05, 3.63) is 118 Å². The number of nitrogens with zero attached hydrogens (tertiary/aromatic N) is 7. The molecule has 14 bridgehead atoms. The third-order valence-electron chi connectivity index (χ3n) is 19.5. The van der Waals surface area contributed by atoms with Crippen molar-refractivity contribution in [2.75, 3.05) is 13.2 Å². The van der Waals surface area contributed by atoms with Gasteiger partial charge in [-0.15, -0.1) is 0 Å². The van der Waals surface area contributed by atoms with Crippen molar-refractivity contribution >= 4 is 60.5 Å². The van der Waals surface area contributed by atoms with Gasteiger partial charge in [-0.1, -0.05) is 113 Å². The van der Waals surface area contributed by atoms with Gasteiger partial charge in [0.15, 0.2) is 17.5 Å². The number of aliphatic imine (C=N–C) groups is 5. The van der Waals surface area contributed by atoms with Crippen molar-refractivity contribution < 1.29 is 8.85 Å². The molecule has 6 heterocycles. The zero-order valence-electron chi connectivity index (χ0n) is 40.6. The van der Waals surface area contributed by atoms with Gasteiger partial charge in [0.2, 0.25) is 0 Å². The Labute approximate surface area is 406 Å². The van der Waals surface area contributed by atoms with E-state index in [0.29, 0.717) is 58.4 Å². The molecule has 8 fully saturated rings. The van der Waals surface area contributed by atoms with Gasteiger partial charge >= 0.3 is 8.88 Å². The Kier molecular flexibility index (Phi) is 7.74. The molecule has 5 atom stereocenters. The highest BCUT2D eigenvalue weighted by molar-refractivity contribution is 6.68. The number of benzene rings is 3. The topological polar surface area (TPSA) is 100 Å². The van der Waals surface area contributed by atoms with Crippen LogP contribution in [-0.2, 0) is 8.85 Å². The SMILES string of the molecule is CC12CC3CC(C)(C1)CC(CO[Si]1(OCC45CC6CC(C)(CC(C)(C6)C4)C5)N4/C5=N\C6=NC(=N\c7c8ccccc8c(n71)/N=C1\N=C(NC4c4ccccc45)c4ccccc41)/C1=C6C=CCC1)(C3)C2. The molecule has 0 saturated heterocycles.